The van der Waals surface area contributed by atoms with Crippen molar-refractivity contribution in [2.24, 2.45) is 0 Å². The molecule has 0 radical (unpaired) electrons. The molecular formula is C31H34N4O5. The molecule has 2 unspecified atom stereocenters. The van der Waals surface area contributed by atoms with E-state index in [4.69, 9.17) is 4.74 Å². The zero-order chi connectivity index (χ0) is 29.3. The SMILES string of the molecule is Cc1ccccc1NC(=O)C(c1cccc(O)c1)N(CC#N)C(=O)C(Cc1ccccc1)NC(=O)OC(C)(C)C. The standard InChI is InChI=1S/C31H34N4O5/c1-21-11-8-9-16-25(21)33-28(37)27(23-14-10-15-24(36)20-23)35(18-17-32)29(38)26(19-22-12-6-5-7-13-22)34-30(39)40-31(2,3)4/h5-16,20,26-27,36H,18-19H2,1-4H3,(H,33,37)(H,34,39). The van der Waals surface area contributed by atoms with Gasteiger partial charge in [0.25, 0.3) is 5.91 Å². The second-order valence-electron chi connectivity index (χ2n) is 10.3. The maximum Gasteiger partial charge on any atom is 0.408 e. The predicted octanol–water partition coefficient (Wildman–Crippen LogP) is 4.87. The molecule has 0 aliphatic heterocycles. The average Bonchev–Trinajstić information content (AvgIpc) is 2.88. The molecule has 0 spiro atoms. The summed E-state index contributed by atoms with van der Waals surface area (Å²) in [5, 5.41) is 25.4. The molecule has 0 bridgehead atoms. The van der Waals surface area contributed by atoms with Crippen LogP contribution in [0.5, 0.6) is 5.75 Å². The molecule has 3 aromatic carbocycles. The Morgan fingerprint density at radius 2 is 1.68 bits per heavy atom. The highest BCUT2D eigenvalue weighted by molar-refractivity contribution is 5.99. The number of nitrogens with zero attached hydrogens (tertiary/aromatic N) is 2. The third-order valence-electron chi connectivity index (χ3n) is 5.94. The number of para-hydroxylation sites is 1. The molecule has 0 aliphatic carbocycles. The molecule has 0 aliphatic rings. The van der Waals surface area contributed by atoms with Crippen LogP contribution in [0.4, 0.5) is 10.5 Å². The van der Waals surface area contributed by atoms with Gasteiger partial charge in [0.15, 0.2) is 0 Å². The maximum atomic E-state index is 14.1. The summed E-state index contributed by atoms with van der Waals surface area (Å²) in [4.78, 5) is 41.8. The molecule has 2 atom stereocenters. The molecule has 3 N–H and O–H groups in total. The molecule has 0 aromatic heterocycles. The number of phenolic OH excluding ortho intramolecular Hbond substituents is 1. The lowest BCUT2D eigenvalue weighted by molar-refractivity contribution is -0.140. The number of nitriles is 1. The van der Waals surface area contributed by atoms with E-state index in [-0.39, 0.29) is 12.2 Å². The van der Waals surface area contributed by atoms with Crippen LogP contribution in [0, 0.1) is 18.3 Å². The van der Waals surface area contributed by atoms with Crippen molar-refractivity contribution in [2.75, 3.05) is 11.9 Å². The molecule has 40 heavy (non-hydrogen) atoms. The van der Waals surface area contributed by atoms with Gasteiger partial charge in [-0.15, -0.1) is 0 Å². The molecule has 3 rings (SSSR count). The molecule has 208 valence electrons. The van der Waals surface area contributed by atoms with Crippen LogP contribution in [0.15, 0.2) is 78.9 Å². The first-order valence-corrected chi connectivity index (χ1v) is 12.8. The summed E-state index contributed by atoms with van der Waals surface area (Å²) in [6.07, 6.45) is -0.718. The number of anilines is 1. The molecular weight excluding hydrogens is 508 g/mol. The highest BCUT2D eigenvalue weighted by atomic mass is 16.6. The topological polar surface area (TPSA) is 132 Å². The van der Waals surface area contributed by atoms with Crippen molar-refractivity contribution in [3.05, 3.63) is 95.6 Å². The summed E-state index contributed by atoms with van der Waals surface area (Å²) in [5.41, 5.74) is 1.58. The summed E-state index contributed by atoms with van der Waals surface area (Å²) in [5.74, 6) is -1.35. The van der Waals surface area contributed by atoms with E-state index in [1.54, 1.807) is 45.0 Å². The van der Waals surface area contributed by atoms with Gasteiger partial charge in [-0.1, -0.05) is 60.7 Å². The summed E-state index contributed by atoms with van der Waals surface area (Å²) in [6, 6.07) is 21.7. The van der Waals surface area contributed by atoms with E-state index in [1.807, 2.05) is 55.5 Å². The van der Waals surface area contributed by atoms with Gasteiger partial charge in [0.05, 0.1) is 6.07 Å². The smallest absolute Gasteiger partial charge is 0.408 e. The minimum Gasteiger partial charge on any atom is -0.508 e. The molecule has 3 aromatic rings. The fourth-order valence-electron chi connectivity index (χ4n) is 4.15. The van der Waals surface area contributed by atoms with Gasteiger partial charge >= 0.3 is 6.09 Å². The number of carbonyl (C=O) groups excluding carboxylic acids is 3. The van der Waals surface area contributed by atoms with Crippen LogP contribution in [0.1, 0.15) is 43.5 Å². The summed E-state index contributed by atoms with van der Waals surface area (Å²) in [6.45, 7) is 6.49. The van der Waals surface area contributed by atoms with Gasteiger partial charge in [0.2, 0.25) is 5.91 Å². The Labute approximate surface area is 234 Å². The fraction of sp³-hybridized carbons (Fsp3) is 0.290. The zero-order valence-electron chi connectivity index (χ0n) is 23.0. The van der Waals surface area contributed by atoms with Gasteiger partial charge in [-0.25, -0.2) is 4.79 Å². The van der Waals surface area contributed by atoms with E-state index < -0.39 is 42.1 Å². The van der Waals surface area contributed by atoms with Gasteiger partial charge in [-0.3, -0.25) is 9.59 Å². The average molecular weight is 543 g/mol. The number of phenols is 1. The van der Waals surface area contributed by atoms with Crippen molar-refractivity contribution in [3.63, 3.8) is 0 Å². The summed E-state index contributed by atoms with van der Waals surface area (Å²) in [7, 11) is 0. The van der Waals surface area contributed by atoms with Crippen molar-refractivity contribution >= 4 is 23.6 Å². The van der Waals surface area contributed by atoms with Gasteiger partial charge in [0, 0.05) is 12.1 Å². The molecule has 0 saturated heterocycles. The molecule has 9 heteroatoms. The summed E-state index contributed by atoms with van der Waals surface area (Å²) < 4.78 is 5.40. The van der Waals surface area contributed by atoms with Crippen molar-refractivity contribution < 1.29 is 24.2 Å². The lowest BCUT2D eigenvalue weighted by Crippen LogP contribution is -2.53. The highest BCUT2D eigenvalue weighted by Crippen LogP contribution is 2.28. The van der Waals surface area contributed by atoms with Gasteiger partial charge in [-0.2, -0.15) is 5.26 Å². The van der Waals surface area contributed by atoms with Crippen molar-refractivity contribution in [3.8, 4) is 11.8 Å². The number of benzene rings is 3. The van der Waals surface area contributed by atoms with Crippen molar-refractivity contribution in [1.29, 1.82) is 5.26 Å². The van der Waals surface area contributed by atoms with E-state index in [0.717, 1.165) is 16.0 Å². The predicted molar refractivity (Wildman–Crippen MR) is 151 cm³/mol. The Hall–Kier alpha value is -4.84. The number of nitrogens with one attached hydrogen (secondary N) is 2. The van der Waals surface area contributed by atoms with Crippen LogP contribution in [0.3, 0.4) is 0 Å². The quantitative estimate of drug-likeness (QED) is 0.331. The van der Waals surface area contributed by atoms with E-state index >= 15 is 0 Å². The van der Waals surface area contributed by atoms with E-state index in [1.165, 1.54) is 12.1 Å². The first-order valence-electron chi connectivity index (χ1n) is 12.8. The van der Waals surface area contributed by atoms with E-state index in [9.17, 15) is 24.8 Å². The van der Waals surface area contributed by atoms with Crippen LogP contribution in [0.25, 0.3) is 0 Å². The number of hydrogen-bond acceptors (Lipinski definition) is 6. The monoisotopic (exact) mass is 542 g/mol. The van der Waals surface area contributed by atoms with Crippen molar-refractivity contribution in [1.82, 2.24) is 10.2 Å². The minimum absolute atomic E-state index is 0.0903. The van der Waals surface area contributed by atoms with E-state index in [2.05, 4.69) is 10.6 Å². The second kappa shape index (κ2) is 13.3. The first kappa shape index (κ1) is 29.7. The number of carbonyl (C=O) groups is 3. The lowest BCUT2D eigenvalue weighted by atomic mass is 10.00. The van der Waals surface area contributed by atoms with Crippen LogP contribution in [-0.2, 0) is 20.7 Å². The normalized spacial score (nSPS) is 12.4. The molecule has 0 fully saturated rings. The molecule has 0 heterocycles. The van der Waals surface area contributed by atoms with Crippen LogP contribution in [0.2, 0.25) is 0 Å². The number of aryl methyl sites for hydroxylation is 1. The molecule has 0 saturated carbocycles. The number of rotatable bonds is 9. The second-order valence-corrected chi connectivity index (χ2v) is 10.3. The Morgan fingerprint density at radius 1 is 1.00 bits per heavy atom. The Bertz CT molecular complexity index is 1380. The first-order chi connectivity index (χ1) is 19.0. The lowest BCUT2D eigenvalue weighted by Gasteiger charge is -2.33. The fourth-order valence-corrected chi connectivity index (χ4v) is 4.15. The van der Waals surface area contributed by atoms with Gasteiger partial charge < -0.3 is 25.4 Å². The maximum absolute atomic E-state index is 14.1. The third kappa shape index (κ3) is 8.33. The van der Waals surface area contributed by atoms with E-state index in [0.29, 0.717) is 11.3 Å². The number of amides is 3. The van der Waals surface area contributed by atoms with Gasteiger partial charge in [0.1, 0.15) is 30.0 Å². The molecule has 3 amide bonds. The third-order valence-corrected chi connectivity index (χ3v) is 5.94. The zero-order valence-corrected chi connectivity index (χ0v) is 23.0. The largest absolute Gasteiger partial charge is 0.508 e. The molecule has 9 nitrogen and oxygen atoms in total. The van der Waals surface area contributed by atoms with Crippen LogP contribution in [-0.4, -0.2) is 46.1 Å². The van der Waals surface area contributed by atoms with Crippen LogP contribution >= 0.6 is 0 Å². The van der Waals surface area contributed by atoms with Gasteiger partial charge in [-0.05, 0) is 62.6 Å². The minimum atomic E-state index is -1.29. The Kier molecular flexibility index (Phi) is 9.87. The summed E-state index contributed by atoms with van der Waals surface area (Å²) >= 11 is 0. The van der Waals surface area contributed by atoms with Crippen molar-refractivity contribution in [2.45, 2.75) is 51.8 Å². The number of alkyl carbamates (subject to hydrolysis) is 1. The van der Waals surface area contributed by atoms with Crippen LogP contribution < -0.4 is 10.6 Å². The Balaban J connectivity index is 2.04. The Morgan fingerprint density at radius 3 is 2.30 bits per heavy atom. The number of ether oxygens (including phenoxy) is 1. The number of aromatic hydroxyl groups is 1. The number of hydrogen-bond donors (Lipinski definition) is 3. The highest BCUT2D eigenvalue weighted by Gasteiger charge is 2.36.